The molecule has 1 aromatic heterocycles. The number of fused-ring (bicyclic) bond motifs is 1. The Morgan fingerprint density at radius 3 is 2.41 bits per heavy atom. The van der Waals surface area contributed by atoms with E-state index in [1.807, 2.05) is 22.9 Å². The van der Waals surface area contributed by atoms with E-state index in [1.54, 1.807) is 41.2 Å². The summed E-state index contributed by atoms with van der Waals surface area (Å²) >= 11 is 0. The fourth-order valence-electron chi connectivity index (χ4n) is 3.58. The normalized spacial score (nSPS) is 15.8. The number of carbonyl (C=O) groups is 1. The number of hydrogen-bond donors (Lipinski definition) is 1. The minimum absolute atomic E-state index is 0.217. The molecule has 0 bridgehead atoms. The van der Waals surface area contributed by atoms with Crippen LogP contribution in [0.1, 0.15) is 27.2 Å². The molecule has 2 aromatic rings. The second kappa shape index (κ2) is 9.37. The van der Waals surface area contributed by atoms with Crippen molar-refractivity contribution in [2.75, 3.05) is 45.3 Å². The van der Waals surface area contributed by atoms with Crippen molar-refractivity contribution in [3.8, 4) is 11.5 Å². The Morgan fingerprint density at radius 1 is 1.06 bits per heavy atom. The highest BCUT2D eigenvalue weighted by molar-refractivity contribution is 7.87. The van der Waals surface area contributed by atoms with Crippen LogP contribution in [0.3, 0.4) is 0 Å². The first kappa shape index (κ1) is 23.9. The Labute approximate surface area is 188 Å². The Morgan fingerprint density at radius 2 is 1.75 bits per heavy atom. The van der Waals surface area contributed by atoms with Gasteiger partial charge in [0.2, 0.25) is 0 Å². The van der Waals surface area contributed by atoms with Crippen molar-refractivity contribution in [3.63, 3.8) is 0 Å². The maximum atomic E-state index is 12.7. The van der Waals surface area contributed by atoms with Crippen LogP contribution in [-0.2, 0) is 14.9 Å². The molecule has 3 rings (SSSR count). The van der Waals surface area contributed by atoms with E-state index in [1.165, 1.54) is 4.31 Å². The van der Waals surface area contributed by atoms with Crippen LogP contribution in [0.5, 0.6) is 11.5 Å². The first-order chi connectivity index (χ1) is 15.0. The molecule has 1 N–H and O–H groups in total. The largest absolute Gasteiger partial charge is 0.493 e. The van der Waals surface area contributed by atoms with Gasteiger partial charge in [0.25, 0.3) is 0 Å². The predicted octanol–water partition coefficient (Wildman–Crippen LogP) is 2.53. The molecule has 1 amide bonds. The highest BCUT2D eigenvalue weighted by Gasteiger charge is 2.29. The van der Waals surface area contributed by atoms with Crippen molar-refractivity contribution in [2.24, 2.45) is 0 Å². The molecule has 1 aliphatic rings. The Bertz CT molecular complexity index is 1080. The summed E-state index contributed by atoms with van der Waals surface area (Å²) in [6.45, 7) is 6.62. The number of rotatable bonds is 5. The minimum Gasteiger partial charge on any atom is -0.493 e. The van der Waals surface area contributed by atoms with E-state index in [4.69, 9.17) is 14.2 Å². The van der Waals surface area contributed by atoms with E-state index in [-0.39, 0.29) is 13.1 Å². The zero-order valence-electron chi connectivity index (χ0n) is 19.0. The molecule has 0 saturated carbocycles. The van der Waals surface area contributed by atoms with Crippen molar-refractivity contribution in [2.45, 2.75) is 32.8 Å². The zero-order valence-corrected chi connectivity index (χ0v) is 19.9. The molecule has 32 heavy (non-hydrogen) atoms. The Hall–Kier alpha value is -2.79. The molecule has 2 heterocycles. The molecule has 176 valence electrons. The van der Waals surface area contributed by atoms with Gasteiger partial charge < -0.3 is 19.1 Å². The first-order valence-electron chi connectivity index (χ1n) is 10.3. The molecule has 1 saturated heterocycles. The standard InChI is InChI=1S/C21H30N4O6S/c1-21(2,3)31-20(26)23-32(27,28)25-10-6-9-24(11-12-25)17-7-8-22-16-14-19(30-5)18(29-4)13-15(16)17/h7-8,13-14H,6,9-12H2,1-5H3,(H,23,26). The van der Waals surface area contributed by atoms with Gasteiger partial charge in [-0.3, -0.25) is 4.98 Å². The number of nitrogens with one attached hydrogen (secondary N) is 1. The van der Waals surface area contributed by atoms with Crippen molar-refractivity contribution < 1.29 is 27.4 Å². The summed E-state index contributed by atoms with van der Waals surface area (Å²) in [4.78, 5) is 18.5. The third-order valence-electron chi connectivity index (χ3n) is 4.97. The molecule has 0 radical (unpaired) electrons. The topological polar surface area (TPSA) is 110 Å². The second-order valence-corrected chi connectivity index (χ2v) is 10.1. The van der Waals surface area contributed by atoms with Gasteiger partial charge >= 0.3 is 16.3 Å². The van der Waals surface area contributed by atoms with E-state index >= 15 is 0 Å². The van der Waals surface area contributed by atoms with Crippen molar-refractivity contribution in [1.29, 1.82) is 0 Å². The molecule has 0 spiro atoms. The summed E-state index contributed by atoms with van der Waals surface area (Å²) in [6, 6.07) is 5.59. The molecule has 1 aliphatic heterocycles. The van der Waals surface area contributed by atoms with Crippen molar-refractivity contribution in [1.82, 2.24) is 14.0 Å². The average molecular weight is 467 g/mol. The van der Waals surface area contributed by atoms with Gasteiger partial charge in [-0.05, 0) is 39.3 Å². The SMILES string of the molecule is COc1cc2nccc(N3CCCN(S(=O)(=O)NC(=O)OC(C)(C)C)CC3)c2cc1OC. The fraction of sp³-hybridized carbons (Fsp3) is 0.524. The minimum atomic E-state index is -4.01. The van der Waals surface area contributed by atoms with Gasteiger partial charge in [-0.15, -0.1) is 0 Å². The van der Waals surface area contributed by atoms with Gasteiger partial charge in [0.1, 0.15) is 5.60 Å². The molecule has 0 atom stereocenters. The highest BCUT2D eigenvalue weighted by atomic mass is 32.2. The van der Waals surface area contributed by atoms with E-state index in [2.05, 4.69) is 9.88 Å². The monoisotopic (exact) mass is 466 g/mol. The highest BCUT2D eigenvalue weighted by Crippen LogP contribution is 2.36. The van der Waals surface area contributed by atoms with Gasteiger partial charge in [0.05, 0.1) is 19.7 Å². The van der Waals surface area contributed by atoms with Crippen LogP contribution in [0.15, 0.2) is 24.4 Å². The smallest absolute Gasteiger partial charge is 0.422 e. The third-order valence-corrected chi connectivity index (χ3v) is 6.44. The molecular formula is C21H30N4O6S. The van der Waals surface area contributed by atoms with Gasteiger partial charge in [0, 0.05) is 49.5 Å². The lowest BCUT2D eigenvalue weighted by Gasteiger charge is -2.25. The first-order valence-corrected chi connectivity index (χ1v) is 11.7. The maximum Gasteiger partial charge on any atom is 0.422 e. The van der Waals surface area contributed by atoms with E-state index < -0.39 is 21.9 Å². The summed E-state index contributed by atoms with van der Waals surface area (Å²) in [5.41, 5.74) is 0.886. The number of carbonyl (C=O) groups excluding carboxylic acids is 1. The van der Waals surface area contributed by atoms with Gasteiger partial charge in [-0.2, -0.15) is 12.7 Å². The summed E-state index contributed by atoms with van der Waals surface area (Å²) in [7, 11) is -0.865. The van der Waals surface area contributed by atoms with Crippen LogP contribution >= 0.6 is 0 Å². The molecule has 10 nitrogen and oxygen atoms in total. The number of anilines is 1. The fourth-order valence-corrected chi connectivity index (χ4v) is 4.65. The van der Waals surface area contributed by atoms with Crippen LogP contribution in [0, 0.1) is 0 Å². The number of benzene rings is 1. The number of ether oxygens (including phenoxy) is 3. The van der Waals surface area contributed by atoms with Crippen LogP contribution in [0.4, 0.5) is 10.5 Å². The average Bonchev–Trinajstić information content (AvgIpc) is 2.97. The van der Waals surface area contributed by atoms with E-state index in [0.717, 1.165) is 16.6 Å². The summed E-state index contributed by atoms with van der Waals surface area (Å²) in [5, 5.41) is 0.883. The summed E-state index contributed by atoms with van der Waals surface area (Å²) in [6.07, 6.45) is 1.32. The van der Waals surface area contributed by atoms with E-state index in [9.17, 15) is 13.2 Å². The number of methoxy groups -OCH3 is 2. The van der Waals surface area contributed by atoms with E-state index in [0.29, 0.717) is 31.0 Å². The van der Waals surface area contributed by atoms with Crippen LogP contribution in [0.2, 0.25) is 0 Å². The van der Waals surface area contributed by atoms with Gasteiger partial charge in [0.15, 0.2) is 11.5 Å². The number of nitrogens with zero attached hydrogens (tertiary/aromatic N) is 3. The molecule has 0 unspecified atom stereocenters. The quantitative estimate of drug-likeness (QED) is 0.716. The molecule has 1 fully saturated rings. The molecule has 11 heteroatoms. The lowest BCUT2D eigenvalue weighted by molar-refractivity contribution is 0.0567. The maximum absolute atomic E-state index is 12.7. The number of aromatic nitrogens is 1. The zero-order chi connectivity index (χ0) is 23.5. The summed E-state index contributed by atoms with van der Waals surface area (Å²) in [5.74, 6) is 1.18. The lowest BCUT2D eigenvalue weighted by Crippen LogP contribution is -2.46. The second-order valence-electron chi connectivity index (χ2n) is 8.40. The van der Waals surface area contributed by atoms with Crippen LogP contribution in [-0.4, -0.2) is 69.8 Å². The number of pyridine rings is 1. The van der Waals surface area contributed by atoms with Crippen molar-refractivity contribution in [3.05, 3.63) is 24.4 Å². The molecular weight excluding hydrogens is 436 g/mol. The van der Waals surface area contributed by atoms with Gasteiger partial charge in [-0.1, -0.05) is 0 Å². The van der Waals surface area contributed by atoms with Crippen molar-refractivity contribution >= 4 is 32.9 Å². The number of hydrogen-bond acceptors (Lipinski definition) is 8. The summed E-state index contributed by atoms with van der Waals surface area (Å²) < 4.78 is 44.5. The number of amides is 1. The van der Waals surface area contributed by atoms with Crippen LogP contribution < -0.4 is 19.1 Å². The Balaban J connectivity index is 1.79. The molecule has 0 aliphatic carbocycles. The lowest BCUT2D eigenvalue weighted by atomic mass is 10.1. The molecule has 1 aromatic carbocycles. The Kier molecular flexibility index (Phi) is 6.99. The predicted molar refractivity (Wildman–Crippen MR) is 122 cm³/mol. The van der Waals surface area contributed by atoms with Gasteiger partial charge in [-0.25, -0.2) is 9.52 Å². The van der Waals surface area contributed by atoms with Crippen LogP contribution in [0.25, 0.3) is 10.9 Å². The third kappa shape index (κ3) is 5.52.